The predicted molar refractivity (Wildman–Crippen MR) is 123 cm³/mol. The summed E-state index contributed by atoms with van der Waals surface area (Å²) in [5, 5.41) is 3.17. The van der Waals surface area contributed by atoms with Crippen LogP contribution in [0, 0.1) is 5.41 Å². The molecule has 0 saturated heterocycles. The van der Waals surface area contributed by atoms with Gasteiger partial charge in [-0.3, -0.25) is 4.79 Å². The van der Waals surface area contributed by atoms with E-state index in [1.54, 1.807) is 0 Å². The molecule has 0 amide bonds. The van der Waals surface area contributed by atoms with Crippen LogP contribution in [0.4, 0.5) is 5.69 Å². The van der Waals surface area contributed by atoms with Crippen molar-refractivity contribution in [1.29, 1.82) is 0 Å². The van der Waals surface area contributed by atoms with Crippen molar-refractivity contribution in [2.75, 3.05) is 19.0 Å². The molecule has 2 unspecified atom stereocenters. The number of rotatable bonds is 7. The molecule has 0 bridgehead atoms. The van der Waals surface area contributed by atoms with E-state index in [4.69, 9.17) is 14.2 Å². The number of hydrogen-bond acceptors (Lipinski definition) is 5. The Morgan fingerprint density at radius 1 is 1.13 bits per heavy atom. The van der Waals surface area contributed by atoms with Gasteiger partial charge in [-0.05, 0) is 49.4 Å². The standard InChI is InChI=1S/C26H35NO4/c1-25(2,3)17-22(28)30-24-23(29-15-14-18-10-8-7-9-11-18)20-16-19(27-6)12-13-21(20)31-26(24,4)5/h7-13,16,23-24,27H,14-15,17H2,1-6H3. The van der Waals surface area contributed by atoms with Gasteiger partial charge in [0.05, 0.1) is 13.0 Å². The fourth-order valence-corrected chi connectivity index (χ4v) is 3.83. The highest BCUT2D eigenvalue weighted by atomic mass is 16.6. The van der Waals surface area contributed by atoms with Crippen molar-refractivity contribution < 1.29 is 19.0 Å². The summed E-state index contributed by atoms with van der Waals surface area (Å²) in [6.07, 6.45) is 0.139. The first-order valence-corrected chi connectivity index (χ1v) is 10.9. The first-order chi connectivity index (χ1) is 14.6. The maximum Gasteiger partial charge on any atom is 0.306 e. The highest BCUT2D eigenvalue weighted by molar-refractivity contribution is 5.70. The van der Waals surface area contributed by atoms with Gasteiger partial charge in [-0.25, -0.2) is 0 Å². The number of carbonyl (C=O) groups excluding carboxylic acids is 1. The van der Waals surface area contributed by atoms with Crippen molar-refractivity contribution in [3.8, 4) is 5.75 Å². The van der Waals surface area contributed by atoms with Gasteiger partial charge in [-0.1, -0.05) is 51.1 Å². The highest BCUT2D eigenvalue weighted by Crippen LogP contribution is 2.44. The third-order valence-electron chi connectivity index (χ3n) is 5.40. The Kier molecular flexibility index (Phi) is 6.95. The summed E-state index contributed by atoms with van der Waals surface area (Å²) in [5.74, 6) is 0.524. The Bertz CT molecular complexity index is 886. The number of hydrogen-bond donors (Lipinski definition) is 1. The molecule has 0 fully saturated rings. The number of anilines is 1. The summed E-state index contributed by atoms with van der Waals surface area (Å²) >= 11 is 0. The van der Waals surface area contributed by atoms with Crippen LogP contribution in [0.25, 0.3) is 0 Å². The summed E-state index contributed by atoms with van der Waals surface area (Å²) in [6, 6.07) is 16.2. The van der Waals surface area contributed by atoms with Gasteiger partial charge in [0.25, 0.3) is 0 Å². The first-order valence-electron chi connectivity index (χ1n) is 10.9. The molecule has 1 heterocycles. The van der Waals surface area contributed by atoms with E-state index in [0.29, 0.717) is 13.0 Å². The number of esters is 1. The lowest BCUT2D eigenvalue weighted by Crippen LogP contribution is -2.52. The van der Waals surface area contributed by atoms with Crippen LogP contribution < -0.4 is 10.1 Å². The predicted octanol–water partition coefficient (Wildman–Crippen LogP) is 5.55. The van der Waals surface area contributed by atoms with E-state index in [2.05, 4.69) is 17.4 Å². The van der Waals surface area contributed by atoms with Crippen LogP contribution >= 0.6 is 0 Å². The Balaban J connectivity index is 1.87. The number of carbonyl (C=O) groups is 1. The molecule has 2 aromatic carbocycles. The quantitative estimate of drug-likeness (QED) is 0.590. The maximum absolute atomic E-state index is 12.7. The Hall–Kier alpha value is -2.53. The monoisotopic (exact) mass is 425 g/mol. The molecule has 2 aromatic rings. The second-order valence-electron chi connectivity index (χ2n) is 9.88. The van der Waals surface area contributed by atoms with Crippen molar-refractivity contribution in [3.63, 3.8) is 0 Å². The fourth-order valence-electron chi connectivity index (χ4n) is 3.83. The lowest BCUT2D eigenvalue weighted by atomic mass is 9.87. The van der Waals surface area contributed by atoms with E-state index in [-0.39, 0.29) is 11.4 Å². The maximum atomic E-state index is 12.7. The molecular weight excluding hydrogens is 390 g/mol. The molecule has 1 N–H and O–H groups in total. The Morgan fingerprint density at radius 2 is 1.84 bits per heavy atom. The van der Waals surface area contributed by atoms with Gasteiger partial charge in [0.1, 0.15) is 17.5 Å². The van der Waals surface area contributed by atoms with Crippen LogP contribution in [0.2, 0.25) is 0 Å². The van der Waals surface area contributed by atoms with E-state index in [1.807, 2.05) is 78.1 Å². The zero-order valence-electron chi connectivity index (χ0n) is 19.5. The summed E-state index contributed by atoms with van der Waals surface area (Å²) in [7, 11) is 1.88. The van der Waals surface area contributed by atoms with Gasteiger partial charge in [-0.2, -0.15) is 0 Å². The van der Waals surface area contributed by atoms with Gasteiger partial charge in [0.2, 0.25) is 0 Å². The van der Waals surface area contributed by atoms with Gasteiger partial charge in [0.15, 0.2) is 6.10 Å². The first kappa shape index (κ1) is 23.1. The summed E-state index contributed by atoms with van der Waals surface area (Å²) in [4.78, 5) is 12.7. The van der Waals surface area contributed by atoms with Crippen LogP contribution in [-0.2, 0) is 20.7 Å². The Labute approximate surface area is 186 Å². The molecule has 1 aliphatic rings. The normalized spacial score (nSPS) is 19.8. The van der Waals surface area contributed by atoms with Crippen molar-refractivity contribution >= 4 is 11.7 Å². The van der Waals surface area contributed by atoms with Crippen molar-refractivity contribution in [2.45, 2.75) is 65.3 Å². The van der Waals surface area contributed by atoms with Gasteiger partial charge >= 0.3 is 5.97 Å². The van der Waals surface area contributed by atoms with E-state index in [9.17, 15) is 4.79 Å². The Morgan fingerprint density at radius 3 is 2.48 bits per heavy atom. The third kappa shape index (κ3) is 6.01. The highest BCUT2D eigenvalue weighted by Gasteiger charge is 2.47. The molecule has 5 heteroatoms. The van der Waals surface area contributed by atoms with Crippen LogP contribution in [-0.4, -0.2) is 31.3 Å². The van der Waals surface area contributed by atoms with Crippen LogP contribution in [0.15, 0.2) is 48.5 Å². The second-order valence-corrected chi connectivity index (χ2v) is 9.88. The molecule has 0 aliphatic carbocycles. The molecule has 31 heavy (non-hydrogen) atoms. The molecule has 1 aliphatic heterocycles. The topological polar surface area (TPSA) is 56.8 Å². The van der Waals surface area contributed by atoms with Gasteiger partial charge in [0, 0.05) is 18.3 Å². The molecule has 168 valence electrons. The van der Waals surface area contributed by atoms with Crippen LogP contribution in [0.5, 0.6) is 5.75 Å². The number of nitrogens with one attached hydrogen (secondary N) is 1. The lowest BCUT2D eigenvalue weighted by molar-refractivity contribution is -0.186. The molecular formula is C26H35NO4. The second kappa shape index (κ2) is 9.31. The van der Waals surface area contributed by atoms with E-state index >= 15 is 0 Å². The summed E-state index contributed by atoms with van der Waals surface area (Å²) in [5.41, 5.74) is 2.18. The van der Waals surface area contributed by atoms with Gasteiger partial charge in [-0.15, -0.1) is 0 Å². The molecule has 0 aromatic heterocycles. The van der Waals surface area contributed by atoms with E-state index in [0.717, 1.165) is 23.4 Å². The molecule has 3 rings (SSSR count). The largest absolute Gasteiger partial charge is 0.483 e. The minimum absolute atomic E-state index is 0.155. The van der Waals surface area contributed by atoms with Gasteiger partial charge < -0.3 is 19.5 Å². The minimum Gasteiger partial charge on any atom is -0.483 e. The van der Waals surface area contributed by atoms with E-state index in [1.165, 1.54) is 5.56 Å². The molecule has 0 saturated carbocycles. The van der Waals surface area contributed by atoms with Crippen molar-refractivity contribution in [1.82, 2.24) is 0 Å². The van der Waals surface area contributed by atoms with Crippen molar-refractivity contribution in [3.05, 3.63) is 59.7 Å². The third-order valence-corrected chi connectivity index (χ3v) is 5.40. The number of ether oxygens (including phenoxy) is 3. The zero-order chi connectivity index (χ0) is 22.6. The van der Waals surface area contributed by atoms with E-state index < -0.39 is 17.8 Å². The molecule has 5 nitrogen and oxygen atoms in total. The lowest BCUT2D eigenvalue weighted by Gasteiger charge is -2.44. The summed E-state index contributed by atoms with van der Waals surface area (Å²) in [6.45, 7) is 10.5. The SMILES string of the molecule is CNc1ccc2c(c1)C(OCCc1ccccc1)C(OC(=O)CC(C)(C)C)C(C)(C)O2. The average molecular weight is 426 g/mol. The number of benzene rings is 2. The smallest absolute Gasteiger partial charge is 0.306 e. The van der Waals surface area contributed by atoms with Crippen LogP contribution in [0.1, 0.15) is 58.3 Å². The number of fused-ring (bicyclic) bond motifs is 1. The molecule has 0 spiro atoms. The molecule has 0 radical (unpaired) electrons. The minimum atomic E-state index is -0.723. The van der Waals surface area contributed by atoms with Crippen LogP contribution in [0.3, 0.4) is 0 Å². The summed E-state index contributed by atoms with van der Waals surface area (Å²) < 4.78 is 18.7. The average Bonchev–Trinajstić information content (AvgIpc) is 2.69. The molecule has 2 atom stereocenters. The zero-order valence-corrected chi connectivity index (χ0v) is 19.5. The fraction of sp³-hybridized carbons (Fsp3) is 0.500. The van der Waals surface area contributed by atoms with Crippen molar-refractivity contribution in [2.24, 2.45) is 5.41 Å².